The van der Waals surface area contributed by atoms with E-state index in [-0.39, 0.29) is 5.91 Å². The first-order valence-electron chi connectivity index (χ1n) is 7.51. The van der Waals surface area contributed by atoms with E-state index in [4.69, 9.17) is 0 Å². The van der Waals surface area contributed by atoms with Crippen molar-refractivity contribution in [2.24, 2.45) is 10.9 Å². The number of carbonyl (C=O) groups is 1. The molecule has 1 fully saturated rings. The Morgan fingerprint density at radius 3 is 2.32 bits per heavy atom. The molecule has 1 atom stereocenters. The molecule has 108 valence electrons. The molecule has 0 spiro atoms. The maximum atomic E-state index is 12.1. The van der Waals surface area contributed by atoms with Gasteiger partial charge >= 0.3 is 0 Å². The van der Waals surface area contributed by atoms with Crippen LogP contribution in [0.1, 0.15) is 58.3 Å². The highest BCUT2D eigenvalue weighted by Gasteiger charge is 2.43. The van der Waals surface area contributed by atoms with Crippen LogP contribution in [0.5, 0.6) is 0 Å². The zero-order chi connectivity index (χ0) is 13.9. The first-order chi connectivity index (χ1) is 9.02. The molecular formula is C15H26N2OS. The molecule has 1 heterocycles. The van der Waals surface area contributed by atoms with Crippen molar-refractivity contribution in [2.45, 2.75) is 63.2 Å². The monoisotopic (exact) mass is 282 g/mol. The lowest BCUT2D eigenvalue weighted by Gasteiger charge is -2.28. The summed E-state index contributed by atoms with van der Waals surface area (Å²) in [5, 5.41) is 1.06. The zero-order valence-electron chi connectivity index (χ0n) is 12.4. The van der Waals surface area contributed by atoms with Gasteiger partial charge in [0.05, 0.1) is 5.04 Å². The fraction of sp³-hybridized carbons (Fsp3) is 0.867. The van der Waals surface area contributed by atoms with Crippen LogP contribution in [0.4, 0.5) is 0 Å². The van der Waals surface area contributed by atoms with Crippen LogP contribution in [0, 0.1) is 5.92 Å². The van der Waals surface area contributed by atoms with Crippen LogP contribution < -0.4 is 0 Å². The van der Waals surface area contributed by atoms with Crippen molar-refractivity contribution in [1.29, 1.82) is 0 Å². The van der Waals surface area contributed by atoms with Gasteiger partial charge in [-0.05, 0) is 33.4 Å². The summed E-state index contributed by atoms with van der Waals surface area (Å²) < 4.78 is 0. The van der Waals surface area contributed by atoms with E-state index in [0.717, 1.165) is 17.4 Å². The number of amides is 1. The molecule has 1 amide bonds. The summed E-state index contributed by atoms with van der Waals surface area (Å²) in [5.41, 5.74) is 0. The topological polar surface area (TPSA) is 32.7 Å². The zero-order valence-corrected chi connectivity index (χ0v) is 13.3. The van der Waals surface area contributed by atoms with Gasteiger partial charge in [0.25, 0.3) is 5.91 Å². The number of hydrogen-bond donors (Lipinski definition) is 0. The van der Waals surface area contributed by atoms with Gasteiger partial charge in [0.2, 0.25) is 0 Å². The van der Waals surface area contributed by atoms with Crippen LogP contribution in [-0.4, -0.2) is 34.8 Å². The molecule has 0 saturated heterocycles. The van der Waals surface area contributed by atoms with E-state index in [9.17, 15) is 4.79 Å². The number of thioether (sulfide) groups is 1. The third-order valence-corrected chi connectivity index (χ3v) is 5.91. The van der Waals surface area contributed by atoms with Crippen LogP contribution in [0.2, 0.25) is 0 Å². The fourth-order valence-electron chi connectivity index (χ4n) is 2.87. The number of aliphatic imine (C=N–C) groups is 1. The van der Waals surface area contributed by atoms with Crippen molar-refractivity contribution in [3.05, 3.63) is 0 Å². The second-order valence-electron chi connectivity index (χ2n) is 6.21. The molecule has 0 aromatic carbocycles. The van der Waals surface area contributed by atoms with Crippen molar-refractivity contribution in [1.82, 2.24) is 4.90 Å². The van der Waals surface area contributed by atoms with E-state index < -0.39 is 4.87 Å². The summed E-state index contributed by atoms with van der Waals surface area (Å²) in [7, 11) is 3.92. The van der Waals surface area contributed by atoms with E-state index in [1.165, 1.54) is 44.9 Å². The molecule has 1 aliphatic heterocycles. The Morgan fingerprint density at radius 2 is 1.79 bits per heavy atom. The molecule has 1 aliphatic carbocycles. The molecule has 0 aromatic rings. The van der Waals surface area contributed by atoms with E-state index in [1.807, 2.05) is 25.9 Å². The SMILES string of the molecule is CN(C)C1(C)SC(CC2CCCCCCC2)=NC1=O. The minimum Gasteiger partial charge on any atom is -0.287 e. The molecule has 3 nitrogen and oxygen atoms in total. The number of hydrogen-bond acceptors (Lipinski definition) is 3. The average Bonchev–Trinajstić information content (AvgIpc) is 2.59. The fourth-order valence-corrected chi connectivity index (χ4v) is 4.10. The summed E-state index contributed by atoms with van der Waals surface area (Å²) in [6, 6.07) is 0. The lowest BCUT2D eigenvalue weighted by molar-refractivity contribution is -0.122. The van der Waals surface area contributed by atoms with Crippen molar-refractivity contribution in [3.8, 4) is 0 Å². The highest BCUT2D eigenvalue weighted by Crippen LogP contribution is 2.39. The molecule has 0 N–H and O–H groups in total. The summed E-state index contributed by atoms with van der Waals surface area (Å²) in [5.74, 6) is 0.757. The van der Waals surface area contributed by atoms with Gasteiger partial charge in [-0.3, -0.25) is 9.69 Å². The van der Waals surface area contributed by atoms with Crippen LogP contribution >= 0.6 is 11.8 Å². The Balaban J connectivity index is 1.93. The van der Waals surface area contributed by atoms with E-state index in [0.29, 0.717) is 0 Å². The Labute approximate surface area is 121 Å². The largest absolute Gasteiger partial charge is 0.287 e. The summed E-state index contributed by atoms with van der Waals surface area (Å²) >= 11 is 1.66. The summed E-state index contributed by atoms with van der Waals surface area (Å²) in [6.07, 6.45) is 10.5. The van der Waals surface area contributed by atoms with Gasteiger partial charge in [0.15, 0.2) is 4.87 Å². The van der Waals surface area contributed by atoms with Gasteiger partial charge in [0.1, 0.15) is 0 Å². The summed E-state index contributed by atoms with van der Waals surface area (Å²) in [4.78, 5) is 17.9. The van der Waals surface area contributed by atoms with E-state index in [1.54, 1.807) is 11.8 Å². The third kappa shape index (κ3) is 3.60. The third-order valence-electron chi connectivity index (χ3n) is 4.48. The molecule has 4 heteroatoms. The van der Waals surface area contributed by atoms with Gasteiger partial charge in [-0.25, -0.2) is 4.99 Å². The van der Waals surface area contributed by atoms with Gasteiger partial charge in [-0.2, -0.15) is 0 Å². The van der Waals surface area contributed by atoms with Crippen LogP contribution in [0.15, 0.2) is 4.99 Å². The smallest absolute Gasteiger partial charge is 0.277 e. The average molecular weight is 282 g/mol. The van der Waals surface area contributed by atoms with Crippen LogP contribution in [0.3, 0.4) is 0 Å². The van der Waals surface area contributed by atoms with E-state index >= 15 is 0 Å². The standard InChI is InChI=1S/C15H26N2OS/c1-15(17(2)3)14(18)16-13(19-15)11-12-9-7-5-4-6-8-10-12/h12H,4-11H2,1-3H3. The van der Waals surface area contributed by atoms with Crippen molar-refractivity contribution >= 4 is 22.7 Å². The van der Waals surface area contributed by atoms with Gasteiger partial charge in [-0.15, -0.1) is 0 Å². The molecule has 0 bridgehead atoms. The molecule has 0 aromatic heterocycles. The highest BCUT2D eigenvalue weighted by molar-refractivity contribution is 8.16. The van der Waals surface area contributed by atoms with Gasteiger partial charge in [-0.1, -0.05) is 56.7 Å². The van der Waals surface area contributed by atoms with Gasteiger partial charge < -0.3 is 0 Å². The number of carbonyl (C=O) groups excluding carboxylic acids is 1. The number of nitrogens with zero attached hydrogens (tertiary/aromatic N) is 2. The summed E-state index contributed by atoms with van der Waals surface area (Å²) in [6.45, 7) is 1.98. The molecule has 2 aliphatic rings. The molecule has 1 unspecified atom stereocenters. The second-order valence-corrected chi connectivity index (χ2v) is 7.68. The Bertz CT molecular complexity index is 359. The Morgan fingerprint density at radius 1 is 1.21 bits per heavy atom. The van der Waals surface area contributed by atoms with Crippen molar-refractivity contribution in [2.75, 3.05) is 14.1 Å². The number of rotatable bonds is 3. The highest BCUT2D eigenvalue weighted by atomic mass is 32.2. The molecule has 19 heavy (non-hydrogen) atoms. The maximum absolute atomic E-state index is 12.1. The molecule has 1 saturated carbocycles. The normalized spacial score (nSPS) is 30.3. The van der Waals surface area contributed by atoms with Gasteiger partial charge in [0, 0.05) is 0 Å². The lowest BCUT2D eigenvalue weighted by atomic mass is 9.89. The Hall–Kier alpha value is -0.350. The van der Waals surface area contributed by atoms with Crippen molar-refractivity contribution < 1.29 is 4.79 Å². The molecule has 0 radical (unpaired) electrons. The lowest BCUT2D eigenvalue weighted by Crippen LogP contribution is -2.42. The predicted molar refractivity (Wildman–Crippen MR) is 82.6 cm³/mol. The number of likely N-dealkylation sites (N-methyl/N-ethyl adjacent to an activating group) is 1. The predicted octanol–water partition coefficient (Wildman–Crippen LogP) is 3.69. The first kappa shape index (κ1) is 15.0. The van der Waals surface area contributed by atoms with E-state index in [2.05, 4.69) is 4.99 Å². The molecular weight excluding hydrogens is 256 g/mol. The quantitative estimate of drug-likeness (QED) is 0.791. The first-order valence-corrected chi connectivity index (χ1v) is 8.32. The molecule has 2 rings (SSSR count). The van der Waals surface area contributed by atoms with Crippen molar-refractivity contribution in [3.63, 3.8) is 0 Å². The second kappa shape index (κ2) is 6.40. The van der Waals surface area contributed by atoms with Crippen LogP contribution in [0.25, 0.3) is 0 Å². The van der Waals surface area contributed by atoms with Crippen LogP contribution in [-0.2, 0) is 4.79 Å². The minimum atomic E-state index is -0.475. The Kier molecular flexibility index (Phi) is 5.07. The minimum absolute atomic E-state index is 0.0170. The maximum Gasteiger partial charge on any atom is 0.277 e.